The predicted molar refractivity (Wildman–Crippen MR) is 71.4 cm³/mol. The number of rotatable bonds is 3. The third-order valence-corrected chi connectivity index (χ3v) is 4.54. The second-order valence-corrected chi connectivity index (χ2v) is 6.67. The van der Waals surface area contributed by atoms with Crippen molar-refractivity contribution in [2.24, 2.45) is 0 Å². The van der Waals surface area contributed by atoms with Crippen LogP contribution in [-0.4, -0.2) is 14.6 Å². The molecule has 0 bridgehead atoms. The zero-order valence-corrected chi connectivity index (χ0v) is 12.2. The fourth-order valence-electron chi connectivity index (χ4n) is 2.73. The molecular weight excluding hydrogens is 288 g/mol. The van der Waals surface area contributed by atoms with Gasteiger partial charge in [-0.3, -0.25) is 4.68 Å². The average Bonchev–Trinajstić information content (AvgIpc) is 2.73. The molecular formula is C12H18BrClN2. The fraction of sp³-hybridized carbons (Fsp3) is 0.750. The highest BCUT2D eigenvalue weighted by molar-refractivity contribution is 9.09. The van der Waals surface area contributed by atoms with E-state index in [1.165, 1.54) is 18.5 Å². The third kappa shape index (κ3) is 2.17. The Balaban J connectivity index is 2.34. The largest absolute Gasteiger partial charge is 0.267 e. The predicted octanol–water partition coefficient (Wildman–Crippen LogP) is 4.15. The summed E-state index contributed by atoms with van der Waals surface area (Å²) in [6.45, 7) is 5.44. The molecule has 1 aromatic rings. The summed E-state index contributed by atoms with van der Waals surface area (Å²) in [5.74, 6) is 0. The van der Waals surface area contributed by atoms with Gasteiger partial charge in [-0.15, -0.1) is 0 Å². The van der Waals surface area contributed by atoms with Gasteiger partial charge >= 0.3 is 0 Å². The summed E-state index contributed by atoms with van der Waals surface area (Å²) in [6.07, 6.45) is 6.46. The molecule has 0 amide bonds. The molecule has 1 fully saturated rings. The number of hydrogen-bond donors (Lipinski definition) is 0. The molecule has 1 aliphatic rings. The molecule has 1 aromatic heterocycles. The molecule has 0 N–H and O–H groups in total. The maximum absolute atomic E-state index is 6.30. The van der Waals surface area contributed by atoms with E-state index in [4.69, 9.17) is 11.6 Å². The molecule has 0 radical (unpaired) electrons. The molecule has 2 unspecified atom stereocenters. The van der Waals surface area contributed by atoms with Gasteiger partial charge in [0.15, 0.2) is 0 Å². The van der Waals surface area contributed by atoms with Crippen molar-refractivity contribution in [1.82, 2.24) is 9.78 Å². The summed E-state index contributed by atoms with van der Waals surface area (Å²) in [4.78, 5) is 0.624. The van der Waals surface area contributed by atoms with E-state index in [1.807, 2.05) is 0 Å². The Bertz CT molecular complexity index is 377. The van der Waals surface area contributed by atoms with Crippen molar-refractivity contribution in [3.8, 4) is 0 Å². The lowest BCUT2D eigenvalue weighted by molar-refractivity contribution is 0.428. The Labute approximate surface area is 110 Å². The maximum Gasteiger partial charge on any atom is 0.0823 e. The van der Waals surface area contributed by atoms with Crippen LogP contribution in [-0.2, 0) is 12.0 Å². The molecule has 1 aliphatic carbocycles. The van der Waals surface area contributed by atoms with Crippen LogP contribution >= 0.6 is 27.5 Å². The summed E-state index contributed by atoms with van der Waals surface area (Å²) in [5, 5.41) is 5.22. The average molecular weight is 306 g/mol. The standard InChI is InChI=1S/C12H18BrClN2/c1-3-6-16-11(10(14)8-15-16)12(2)5-4-9(13)7-12/h8-9H,3-7H2,1-2H3. The first-order valence-corrected chi connectivity index (χ1v) is 7.22. The van der Waals surface area contributed by atoms with Gasteiger partial charge in [-0.25, -0.2) is 0 Å². The summed E-state index contributed by atoms with van der Waals surface area (Å²) in [7, 11) is 0. The molecule has 90 valence electrons. The van der Waals surface area contributed by atoms with E-state index in [2.05, 4.69) is 39.6 Å². The highest BCUT2D eigenvalue weighted by Gasteiger charge is 2.39. The van der Waals surface area contributed by atoms with Crippen molar-refractivity contribution in [1.29, 1.82) is 0 Å². The molecule has 0 aromatic carbocycles. The van der Waals surface area contributed by atoms with Gasteiger partial charge in [0.1, 0.15) is 0 Å². The Morgan fingerprint density at radius 3 is 3.00 bits per heavy atom. The van der Waals surface area contributed by atoms with Crippen molar-refractivity contribution >= 4 is 27.5 Å². The molecule has 2 rings (SSSR count). The smallest absolute Gasteiger partial charge is 0.0823 e. The third-order valence-electron chi connectivity index (χ3n) is 3.48. The van der Waals surface area contributed by atoms with Gasteiger partial charge in [0, 0.05) is 16.8 Å². The lowest BCUT2D eigenvalue weighted by atomic mass is 9.85. The van der Waals surface area contributed by atoms with E-state index < -0.39 is 0 Å². The Morgan fingerprint density at radius 1 is 1.69 bits per heavy atom. The van der Waals surface area contributed by atoms with Gasteiger partial charge in [0.05, 0.1) is 16.9 Å². The number of aryl methyl sites for hydroxylation is 1. The first kappa shape index (κ1) is 12.4. The van der Waals surface area contributed by atoms with E-state index in [9.17, 15) is 0 Å². The molecule has 16 heavy (non-hydrogen) atoms. The van der Waals surface area contributed by atoms with Gasteiger partial charge in [0.25, 0.3) is 0 Å². The van der Waals surface area contributed by atoms with Crippen LogP contribution in [0.2, 0.25) is 5.02 Å². The van der Waals surface area contributed by atoms with Crippen LogP contribution < -0.4 is 0 Å². The summed E-state index contributed by atoms with van der Waals surface area (Å²) in [5.41, 5.74) is 1.43. The minimum Gasteiger partial charge on any atom is -0.267 e. The van der Waals surface area contributed by atoms with Crippen molar-refractivity contribution in [3.63, 3.8) is 0 Å². The minimum atomic E-state index is 0.191. The number of halogens is 2. The van der Waals surface area contributed by atoms with Crippen LogP contribution in [0.3, 0.4) is 0 Å². The SMILES string of the molecule is CCCn1ncc(Cl)c1C1(C)CCC(Br)C1. The van der Waals surface area contributed by atoms with Crippen molar-refractivity contribution in [2.75, 3.05) is 0 Å². The molecule has 1 saturated carbocycles. The lowest BCUT2D eigenvalue weighted by Gasteiger charge is -2.25. The molecule has 0 saturated heterocycles. The molecule has 2 atom stereocenters. The normalized spacial score (nSPS) is 29.9. The Morgan fingerprint density at radius 2 is 2.44 bits per heavy atom. The second kappa shape index (κ2) is 4.69. The van der Waals surface area contributed by atoms with Crippen LogP contribution in [0.25, 0.3) is 0 Å². The lowest BCUT2D eigenvalue weighted by Crippen LogP contribution is -2.23. The molecule has 1 heterocycles. The highest BCUT2D eigenvalue weighted by atomic mass is 79.9. The Hall–Kier alpha value is -0.0200. The Kier molecular flexibility index (Phi) is 3.65. The quantitative estimate of drug-likeness (QED) is 0.767. The summed E-state index contributed by atoms with van der Waals surface area (Å²) < 4.78 is 2.09. The molecule has 4 heteroatoms. The van der Waals surface area contributed by atoms with E-state index >= 15 is 0 Å². The maximum atomic E-state index is 6.30. The first-order chi connectivity index (χ1) is 7.57. The number of alkyl halides is 1. The van der Waals surface area contributed by atoms with Crippen LogP contribution in [0.15, 0.2) is 6.20 Å². The van der Waals surface area contributed by atoms with Crippen LogP contribution in [0.1, 0.15) is 45.2 Å². The van der Waals surface area contributed by atoms with Crippen molar-refractivity contribution in [2.45, 2.75) is 56.3 Å². The van der Waals surface area contributed by atoms with E-state index in [0.717, 1.165) is 24.4 Å². The first-order valence-electron chi connectivity index (χ1n) is 5.92. The van der Waals surface area contributed by atoms with E-state index in [1.54, 1.807) is 6.20 Å². The van der Waals surface area contributed by atoms with Crippen molar-refractivity contribution < 1.29 is 0 Å². The van der Waals surface area contributed by atoms with Gasteiger partial charge < -0.3 is 0 Å². The van der Waals surface area contributed by atoms with Crippen LogP contribution in [0, 0.1) is 0 Å². The van der Waals surface area contributed by atoms with Gasteiger partial charge in [-0.05, 0) is 25.7 Å². The van der Waals surface area contributed by atoms with E-state index in [0.29, 0.717) is 4.83 Å². The number of hydrogen-bond acceptors (Lipinski definition) is 1. The monoisotopic (exact) mass is 304 g/mol. The van der Waals surface area contributed by atoms with Crippen LogP contribution in [0.5, 0.6) is 0 Å². The molecule has 0 aliphatic heterocycles. The van der Waals surface area contributed by atoms with Gasteiger partial charge in [0.2, 0.25) is 0 Å². The number of aromatic nitrogens is 2. The second-order valence-electron chi connectivity index (χ2n) is 4.96. The minimum absolute atomic E-state index is 0.191. The van der Waals surface area contributed by atoms with Gasteiger partial charge in [-0.2, -0.15) is 5.10 Å². The summed E-state index contributed by atoms with van der Waals surface area (Å²) >= 11 is 10.0. The highest BCUT2D eigenvalue weighted by Crippen LogP contribution is 2.45. The zero-order chi connectivity index (χ0) is 11.8. The topological polar surface area (TPSA) is 17.8 Å². The van der Waals surface area contributed by atoms with E-state index in [-0.39, 0.29) is 5.41 Å². The molecule has 0 spiro atoms. The zero-order valence-electron chi connectivity index (χ0n) is 9.84. The van der Waals surface area contributed by atoms with Gasteiger partial charge in [-0.1, -0.05) is 41.4 Å². The summed E-state index contributed by atoms with van der Waals surface area (Å²) in [6, 6.07) is 0. The number of nitrogens with zero attached hydrogens (tertiary/aromatic N) is 2. The fourth-order valence-corrected chi connectivity index (χ4v) is 4.04. The van der Waals surface area contributed by atoms with Crippen molar-refractivity contribution in [3.05, 3.63) is 16.9 Å². The van der Waals surface area contributed by atoms with Crippen LogP contribution in [0.4, 0.5) is 0 Å². The molecule has 2 nitrogen and oxygen atoms in total.